The zero-order valence-electron chi connectivity index (χ0n) is 16.5. The highest BCUT2D eigenvalue weighted by Gasteiger charge is 2.35. The smallest absolute Gasteiger partial charge is 0.289 e. The molecule has 2 aromatic rings. The molecule has 8 heteroatoms. The van der Waals surface area contributed by atoms with Gasteiger partial charge in [0, 0.05) is 32.6 Å². The fourth-order valence-electron chi connectivity index (χ4n) is 3.61. The van der Waals surface area contributed by atoms with Gasteiger partial charge in [-0.2, -0.15) is 0 Å². The summed E-state index contributed by atoms with van der Waals surface area (Å²) in [6.07, 6.45) is 0.406. The van der Waals surface area contributed by atoms with Gasteiger partial charge in [0.25, 0.3) is 5.91 Å². The Balaban J connectivity index is 1.38. The molecule has 1 fully saturated rings. The van der Waals surface area contributed by atoms with Crippen molar-refractivity contribution in [3.63, 3.8) is 0 Å². The number of hydrogen-bond donors (Lipinski definition) is 1. The Hall–Kier alpha value is -2.97. The molecule has 0 radical (unpaired) electrons. The SMILES string of the molecule is O=C(C1=C(O)C(=O)N(CCN2CCOCC2)C1)c1ccc(Cc2ccc(F)cc2)o1. The third kappa shape index (κ3) is 4.44. The van der Waals surface area contributed by atoms with E-state index >= 15 is 0 Å². The molecule has 1 aromatic heterocycles. The summed E-state index contributed by atoms with van der Waals surface area (Å²) in [6, 6.07) is 9.22. The Kier molecular flexibility index (Phi) is 5.96. The van der Waals surface area contributed by atoms with E-state index in [0.29, 0.717) is 38.5 Å². The van der Waals surface area contributed by atoms with Gasteiger partial charge in [0.05, 0.1) is 25.3 Å². The lowest BCUT2D eigenvalue weighted by Gasteiger charge is -2.28. The topological polar surface area (TPSA) is 83.2 Å². The van der Waals surface area contributed by atoms with Crippen molar-refractivity contribution in [1.29, 1.82) is 0 Å². The van der Waals surface area contributed by atoms with Crippen molar-refractivity contribution in [2.24, 2.45) is 0 Å². The molecule has 1 aromatic carbocycles. The van der Waals surface area contributed by atoms with Crippen LogP contribution in [-0.4, -0.2) is 72.5 Å². The molecule has 158 valence electrons. The number of rotatable bonds is 7. The van der Waals surface area contributed by atoms with Crippen molar-refractivity contribution in [2.75, 3.05) is 45.9 Å². The van der Waals surface area contributed by atoms with Gasteiger partial charge in [0.15, 0.2) is 11.5 Å². The van der Waals surface area contributed by atoms with Crippen LogP contribution in [0.4, 0.5) is 4.39 Å². The summed E-state index contributed by atoms with van der Waals surface area (Å²) in [5, 5.41) is 10.2. The van der Waals surface area contributed by atoms with Crippen LogP contribution in [0.5, 0.6) is 0 Å². The summed E-state index contributed by atoms with van der Waals surface area (Å²) < 4.78 is 24.0. The van der Waals surface area contributed by atoms with Gasteiger partial charge in [0.2, 0.25) is 5.78 Å². The number of carbonyl (C=O) groups excluding carboxylic acids is 2. The van der Waals surface area contributed by atoms with Gasteiger partial charge in [-0.15, -0.1) is 0 Å². The van der Waals surface area contributed by atoms with Crippen LogP contribution < -0.4 is 0 Å². The molecule has 2 aliphatic rings. The molecule has 1 amide bonds. The normalized spacial score (nSPS) is 17.8. The Morgan fingerprint density at radius 1 is 1.07 bits per heavy atom. The Labute approximate surface area is 173 Å². The predicted octanol–water partition coefficient (Wildman–Crippen LogP) is 2.18. The molecule has 0 spiro atoms. The van der Waals surface area contributed by atoms with E-state index in [-0.39, 0.29) is 23.7 Å². The first-order valence-electron chi connectivity index (χ1n) is 9.90. The molecule has 0 bridgehead atoms. The molecular formula is C22H23FN2O5. The molecule has 4 rings (SSSR count). The van der Waals surface area contributed by atoms with E-state index in [1.165, 1.54) is 23.1 Å². The number of benzene rings is 1. The number of ether oxygens (including phenoxy) is 1. The van der Waals surface area contributed by atoms with Crippen LogP contribution in [0.1, 0.15) is 21.9 Å². The summed E-state index contributed by atoms with van der Waals surface area (Å²) in [7, 11) is 0. The Bertz CT molecular complexity index is 960. The van der Waals surface area contributed by atoms with Crippen molar-refractivity contribution >= 4 is 11.7 Å². The first-order valence-corrected chi connectivity index (χ1v) is 9.90. The lowest BCUT2D eigenvalue weighted by atomic mass is 10.1. The van der Waals surface area contributed by atoms with E-state index in [4.69, 9.17) is 9.15 Å². The zero-order valence-corrected chi connectivity index (χ0v) is 16.5. The van der Waals surface area contributed by atoms with Crippen molar-refractivity contribution in [2.45, 2.75) is 6.42 Å². The van der Waals surface area contributed by atoms with Crippen LogP contribution in [0.3, 0.4) is 0 Å². The second-order valence-electron chi connectivity index (χ2n) is 7.41. The van der Waals surface area contributed by atoms with Crippen LogP contribution in [0, 0.1) is 5.82 Å². The fraction of sp³-hybridized carbons (Fsp3) is 0.364. The van der Waals surface area contributed by atoms with Crippen molar-refractivity contribution < 1.29 is 28.2 Å². The van der Waals surface area contributed by atoms with Gasteiger partial charge in [-0.25, -0.2) is 4.39 Å². The van der Waals surface area contributed by atoms with E-state index in [1.54, 1.807) is 18.2 Å². The van der Waals surface area contributed by atoms with E-state index in [0.717, 1.165) is 18.7 Å². The van der Waals surface area contributed by atoms with Crippen LogP contribution in [0.2, 0.25) is 0 Å². The number of carbonyl (C=O) groups is 2. The quantitative estimate of drug-likeness (QED) is 0.700. The first kappa shape index (κ1) is 20.3. The van der Waals surface area contributed by atoms with E-state index < -0.39 is 17.4 Å². The maximum absolute atomic E-state index is 13.0. The molecule has 1 N–H and O–H groups in total. The van der Waals surface area contributed by atoms with Gasteiger partial charge >= 0.3 is 0 Å². The minimum atomic E-state index is -0.537. The molecule has 2 aliphatic heterocycles. The minimum Gasteiger partial charge on any atom is -0.503 e. The maximum atomic E-state index is 13.0. The van der Waals surface area contributed by atoms with E-state index in [9.17, 15) is 19.1 Å². The van der Waals surface area contributed by atoms with Gasteiger partial charge in [0.1, 0.15) is 11.6 Å². The molecule has 1 saturated heterocycles. The highest BCUT2D eigenvalue weighted by Crippen LogP contribution is 2.23. The standard InChI is InChI=1S/C22H23FN2O5/c23-16-3-1-15(2-4-16)13-17-5-6-19(30-17)20(26)18-14-25(22(28)21(18)27)8-7-24-9-11-29-12-10-24/h1-6,27H,7-14H2. The number of nitrogens with zero attached hydrogens (tertiary/aromatic N) is 2. The molecule has 3 heterocycles. The number of furan rings is 1. The summed E-state index contributed by atoms with van der Waals surface area (Å²) in [5.74, 6) is -1.26. The largest absolute Gasteiger partial charge is 0.503 e. The van der Waals surface area contributed by atoms with E-state index in [2.05, 4.69) is 4.90 Å². The molecule has 30 heavy (non-hydrogen) atoms. The van der Waals surface area contributed by atoms with Crippen LogP contribution in [0.15, 0.2) is 52.1 Å². The number of aliphatic hydroxyl groups excluding tert-OH is 1. The zero-order chi connectivity index (χ0) is 21.1. The molecule has 7 nitrogen and oxygen atoms in total. The summed E-state index contributed by atoms with van der Waals surface area (Å²) >= 11 is 0. The lowest BCUT2D eigenvalue weighted by molar-refractivity contribution is -0.128. The first-order chi connectivity index (χ1) is 14.5. The fourth-order valence-corrected chi connectivity index (χ4v) is 3.61. The number of Topliss-reactive ketones (excluding diaryl/α,β-unsaturated/α-hetero) is 1. The molecule has 0 aliphatic carbocycles. The minimum absolute atomic E-state index is 0.0460. The number of halogens is 1. The predicted molar refractivity (Wildman–Crippen MR) is 106 cm³/mol. The average Bonchev–Trinajstić information content (AvgIpc) is 3.34. The second-order valence-corrected chi connectivity index (χ2v) is 7.41. The van der Waals surface area contributed by atoms with Gasteiger partial charge in [-0.3, -0.25) is 14.5 Å². The number of morpholine rings is 1. The second kappa shape index (κ2) is 8.81. The van der Waals surface area contributed by atoms with Crippen molar-refractivity contribution in [3.8, 4) is 0 Å². The number of amides is 1. The van der Waals surface area contributed by atoms with Gasteiger partial charge in [-0.1, -0.05) is 12.1 Å². The number of hydrogen-bond acceptors (Lipinski definition) is 6. The monoisotopic (exact) mass is 414 g/mol. The summed E-state index contributed by atoms with van der Waals surface area (Å²) in [6.45, 7) is 4.08. The summed E-state index contributed by atoms with van der Waals surface area (Å²) in [4.78, 5) is 28.8. The Morgan fingerprint density at radius 2 is 1.80 bits per heavy atom. The molecule has 0 unspecified atom stereocenters. The molecule has 0 saturated carbocycles. The van der Waals surface area contributed by atoms with Gasteiger partial charge in [-0.05, 0) is 29.8 Å². The van der Waals surface area contributed by atoms with E-state index in [1.807, 2.05) is 0 Å². The highest BCUT2D eigenvalue weighted by atomic mass is 19.1. The third-order valence-electron chi connectivity index (χ3n) is 5.37. The molecule has 0 atom stereocenters. The highest BCUT2D eigenvalue weighted by molar-refractivity contribution is 6.14. The number of ketones is 1. The van der Waals surface area contributed by atoms with Crippen molar-refractivity contribution in [1.82, 2.24) is 9.80 Å². The van der Waals surface area contributed by atoms with Crippen LogP contribution >= 0.6 is 0 Å². The average molecular weight is 414 g/mol. The maximum Gasteiger partial charge on any atom is 0.289 e. The Morgan fingerprint density at radius 3 is 2.53 bits per heavy atom. The van der Waals surface area contributed by atoms with Gasteiger partial charge < -0.3 is 19.2 Å². The van der Waals surface area contributed by atoms with Crippen molar-refractivity contribution in [3.05, 3.63) is 70.6 Å². The third-order valence-corrected chi connectivity index (χ3v) is 5.37. The van der Waals surface area contributed by atoms with Crippen LogP contribution in [-0.2, 0) is 16.0 Å². The number of aliphatic hydroxyl groups is 1. The molecular weight excluding hydrogens is 391 g/mol. The van der Waals surface area contributed by atoms with Crippen LogP contribution in [0.25, 0.3) is 0 Å². The lowest BCUT2D eigenvalue weighted by Crippen LogP contribution is -2.42. The summed E-state index contributed by atoms with van der Waals surface area (Å²) in [5.41, 5.74) is 0.891.